The molecule has 5 nitrogen and oxygen atoms in total. The van der Waals surface area contributed by atoms with Crippen molar-refractivity contribution < 1.29 is 14.6 Å². The molecule has 0 saturated heterocycles. The molecule has 2 aromatic carbocycles. The van der Waals surface area contributed by atoms with E-state index in [1.165, 1.54) is 0 Å². The number of carbonyl (C=O) groups is 1. The molecule has 0 saturated carbocycles. The van der Waals surface area contributed by atoms with Gasteiger partial charge >= 0.3 is 5.97 Å². The van der Waals surface area contributed by atoms with Crippen molar-refractivity contribution in [1.82, 2.24) is 4.98 Å². The van der Waals surface area contributed by atoms with Gasteiger partial charge in [0, 0.05) is 28.3 Å². The second kappa shape index (κ2) is 5.20. The summed E-state index contributed by atoms with van der Waals surface area (Å²) in [5.74, 6) is -0.217. The van der Waals surface area contributed by atoms with Crippen LogP contribution < -0.4 is 10.1 Å². The van der Waals surface area contributed by atoms with E-state index >= 15 is 0 Å². The number of aromatic amines is 1. The molecule has 3 N–H and O–H groups in total. The van der Waals surface area contributed by atoms with Gasteiger partial charge in [-0.05, 0) is 30.3 Å². The normalized spacial score (nSPS) is 10.5. The van der Waals surface area contributed by atoms with Gasteiger partial charge in [0.1, 0.15) is 11.4 Å². The summed E-state index contributed by atoms with van der Waals surface area (Å²) in [7, 11) is 1.62. The number of benzene rings is 2. The van der Waals surface area contributed by atoms with Crippen LogP contribution in [0.4, 0.5) is 11.4 Å². The molecule has 0 spiro atoms. The Morgan fingerprint density at radius 2 is 2.00 bits per heavy atom. The molecule has 0 aliphatic rings. The lowest BCUT2D eigenvalue weighted by atomic mass is 10.2. The minimum atomic E-state index is -0.974. The number of fused-ring (bicyclic) bond motifs is 1. The van der Waals surface area contributed by atoms with Gasteiger partial charge in [0.2, 0.25) is 0 Å². The van der Waals surface area contributed by atoms with Gasteiger partial charge in [-0.3, -0.25) is 0 Å². The highest BCUT2D eigenvalue weighted by Crippen LogP contribution is 2.28. The molecule has 0 fully saturated rings. The monoisotopic (exact) mass is 282 g/mol. The van der Waals surface area contributed by atoms with E-state index in [1.54, 1.807) is 13.2 Å². The van der Waals surface area contributed by atoms with E-state index < -0.39 is 5.97 Å². The molecule has 1 heterocycles. The summed E-state index contributed by atoms with van der Waals surface area (Å²) in [5, 5.41) is 13.2. The first-order valence-electron chi connectivity index (χ1n) is 6.43. The van der Waals surface area contributed by atoms with Crippen LogP contribution in [0.2, 0.25) is 0 Å². The highest BCUT2D eigenvalue weighted by atomic mass is 16.5. The van der Waals surface area contributed by atoms with E-state index in [0.717, 1.165) is 28.0 Å². The SMILES string of the molecule is COc1cccc(Nc2cccc3[nH]c(C(=O)O)cc23)c1. The average Bonchev–Trinajstić information content (AvgIpc) is 2.93. The molecule has 0 aliphatic carbocycles. The number of aromatic carboxylic acids is 1. The number of methoxy groups -OCH3 is 1. The van der Waals surface area contributed by atoms with Gasteiger partial charge in [-0.15, -0.1) is 0 Å². The lowest BCUT2D eigenvalue weighted by molar-refractivity contribution is 0.0691. The van der Waals surface area contributed by atoms with E-state index in [-0.39, 0.29) is 5.69 Å². The average molecular weight is 282 g/mol. The summed E-state index contributed by atoms with van der Waals surface area (Å²) < 4.78 is 5.19. The Labute approximate surface area is 121 Å². The van der Waals surface area contributed by atoms with Gasteiger partial charge in [0.25, 0.3) is 0 Å². The molecular weight excluding hydrogens is 268 g/mol. The molecule has 3 aromatic rings. The first-order valence-corrected chi connectivity index (χ1v) is 6.43. The lowest BCUT2D eigenvalue weighted by Crippen LogP contribution is -1.94. The van der Waals surface area contributed by atoms with Gasteiger partial charge < -0.3 is 20.1 Å². The number of carboxylic acids is 1. The molecule has 0 unspecified atom stereocenters. The molecule has 3 rings (SSSR count). The number of hydrogen-bond donors (Lipinski definition) is 3. The maximum atomic E-state index is 11.1. The van der Waals surface area contributed by atoms with Crippen LogP contribution in [0, 0.1) is 0 Å². The number of aromatic nitrogens is 1. The third-order valence-electron chi connectivity index (χ3n) is 3.24. The Balaban J connectivity index is 2.01. The van der Waals surface area contributed by atoms with Crippen LogP contribution in [0.5, 0.6) is 5.75 Å². The Morgan fingerprint density at radius 1 is 1.19 bits per heavy atom. The second-order valence-corrected chi connectivity index (χ2v) is 4.61. The third kappa shape index (κ3) is 2.53. The summed E-state index contributed by atoms with van der Waals surface area (Å²) in [6.07, 6.45) is 0. The van der Waals surface area contributed by atoms with Gasteiger partial charge in [0.05, 0.1) is 7.11 Å². The van der Waals surface area contributed by atoms with Crippen LogP contribution in [-0.4, -0.2) is 23.2 Å². The van der Waals surface area contributed by atoms with E-state index in [2.05, 4.69) is 10.3 Å². The van der Waals surface area contributed by atoms with Gasteiger partial charge in [-0.2, -0.15) is 0 Å². The van der Waals surface area contributed by atoms with Crippen molar-refractivity contribution in [2.75, 3.05) is 12.4 Å². The summed E-state index contributed by atoms with van der Waals surface area (Å²) >= 11 is 0. The fourth-order valence-electron chi connectivity index (χ4n) is 2.24. The van der Waals surface area contributed by atoms with Crippen LogP contribution in [0.15, 0.2) is 48.5 Å². The molecule has 21 heavy (non-hydrogen) atoms. The number of rotatable bonds is 4. The number of hydrogen-bond acceptors (Lipinski definition) is 3. The minimum absolute atomic E-state index is 0.171. The third-order valence-corrected chi connectivity index (χ3v) is 3.24. The number of H-pyrrole nitrogens is 1. The van der Waals surface area contributed by atoms with Crippen molar-refractivity contribution in [1.29, 1.82) is 0 Å². The Bertz CT molecular complexity index is 808. The molecule has 0 atom stereocenters. The maximum Gasteiger partial charge on any atom is 0.352 e. The molecule has 0 bridgehead atoms. The molecule has 0 amide bonds. The predicted molar refractivity (Wildman–Crippen MR) is 81.5 cm³/mol. The molecule has 0 radical (unpaired) electrons. The number of carboxylic acid groups (broad SMARTS) is 1. The molecule has 0 aliphatic heterocycles. The van der Waals surface area contributed by atoms with Gasteiger partial charge in [-0.1, -0.05) is 12.1 Å². The summed E-state index contributed by atoms with van der Waals surface area (Å²) in [4.78, 5) is 13.9. The van der Waals surface area contributed by atoms with Crippen LogP contribution in [0.25, 0.3) is 10.9 Å². The fraction of sp³-hybridized carbons (Fsp3) is 0.0625. The Kier molecular flexibility index (Phi) is 3.23. The first kappa shape index (κ1) is 13.1. The molecule has 5 heteroatoms. The van der Waals surface area contributed by atoms with Crippen LogP contribution in [0.1, 0.15) is 10.5 Å². The highest BCUT2D eigenvalue weighted by Gasteiger charge is 2.10. The maximum absolute atomic E-state index is 11.1. The van der Waals surface area contributed by atoms with E-state index in [4.69, 9.17) is 9.84 Å². The standard InChI is InChI=1S/C16H14N2O3/c1-21-11-5-2-4-10(8-11)17-13-6-3-7-14-12(13)9-15(18-14)16(19)20/h2-9,17-18H,1H3,(H,19,20). The van der Waals surface area contributed by atoms with E-state index in [1.807, 2.05) is 42.5 Å². The topological polar surface area (TPSA) is 74.3 Å². The first-order chi connectivity index (χ1) is 10.2. The van der Waals surface area contributed by atoms with Crippen molar-refractivity contribution in [3.63, 3.8) is 0 Å². The van der Waals surface area contributed by atoms with Crippen LogP contribution >= 0.6 is 0 Å². The van der Waals surface area contributed by atoms with Crippen molar-refractivity contribution >= 4 is 28.2 Å². The number of nitrogens with one attached hydrogen (secondary N) is 2. The van der Waals surface area contributed by atoms with Gasteiger partial charge in [-0.25, -0.2) is 4.79 Å². The highest BCUT2D eigenvalue weighted by molar-refractivity contribution is 6.00. The van der Waals surface area contributed by atoms with Crippen molar-refractivity contribution in [2.24, 2.45) is 0 Å². The summed E-state index contributed by atoms with van der Waals surface area (Å²) in [6.45, 7) is 0. The zero-order valence-corrected chi connectivity index (χ0v) is 11.4. The lowest BCUT2D eigenvalue weighted by Gasteiger charge is -2.09. The van der Waals surface area contributed by atoms with E-state index in [0.29, 0.717) is 0 Å². The molecule has 1 aromatic heterocycles. The smallest absolute Gasteiger partial charge is 0.352 e. The number of ether oxygens (including phenoxy) is 1. The largest absolute Gasteiger partial charge is 0.497 e. The zero-order valence-electron chi connectivity index (χ0n) is 11.4. The number of anilines is 2. The van der Waals surface area contributed by atoms with E-state index in [9.17, 15) is 4.79 Å². The summed E-state index contributed by atoms with van der Waals surface area (Å²) in [6, 6.07) is 14.8. The van der Waals surface area contributed by atoms with Crippen molar-refractivity contribution in [3.05, 3.63) is 54.2 Å². The minimum Gasteiger partial charge on any atom is -0.497 e. The Hall–Kier alpha value is -2.95. The zero-order chi connectivity index (χ0) is 14.8. The van der Waals surface area contributed by atoms with Crippen molar-refractivity contribution in [2.45, 2.75) is 0 Å². The van der Waals surface area contributed by atoms with Gasteiger partial charge in [0.15, 0.2) is 0 Å². The van der Waals surface area contributed by atoms with Crippen LogP contribution in [0.3, 0.4) is 0 Å². The predicted octanol–water partition coefficient (Wildman–Crippen LogP) is 3.62. The fourth-order valence-corrected chi connectivity index (χ4v) is 2.24. The second-order valence-electron chi connectivity index (χ2n) is 4.61. The summed E-state index contributed by atoms with van der Waals surface area (Å²) in [5.41, 5.74) is 2.66. The quantitative estimate of drug-likeness (QED) is 0.683. The molecule has 106 valence electrons. The Morgan fingerprint density at radius 3 is 2.76 bits per heavy atom. The van der Waals surface area contributed by atoms with Crippen LogP contribution in [-0.2, 0) is 0 Å². The molecular formula is C16H14N2O3. The van der Waals surface area contributed by atoms with Crippen molar-refractivity contribution in [3.8, 4) is 5.75 Å².